The van der Waals surface area contributed by atoms with Crippen molar-refractivity contribution in [3.63, 3.8) is 0 Å². The summed E-state index contributed by atoms with van der Waals surface area (Å²) in [6, 6.07) is 13.9. The Bertz CT molecular complexity index is 704. The Morgan fingerprint density at radius 3 is 2.36 bits per heavy atom. The van der Waals surface area contributed by atoms with Gasteiger partial charge in [-0.15, -0.1) is 0 Å². The largest absolute Gasteiger partial charge is 0.388 e. The third kappa shape index (κ3) is 6.00. The highest BCUT2D eigenvalue weighted by Crippen LogP contribution is 2.18. The van der Waals surface area contributed by atoms with E-state index >= 15 is 0 Å². The van der Waals surface area contributed by atoms with Gasteiger partial charge in [-0.3, -0.25) is 9.59 Å². The molecule has 0 aromatic heterocycles. The van der Waals surface area contributed by atoms with Crippen molar-refractivity contribution in [1.82, 2.24) is 10.6 Å². The zero-order chi connectivity index (χ0) is 18.2. The fraction of sp³-hybridized carbons (Fsp3) is 0.263. The van der Waals surface area contributed by atoms with Crippen LogP contribution in [0.3, 0.4) is 0 Å². The second-order valence-electron chi connectivity index (χ2n) is 5.82. The number of amides is 2. The molecule has 0 saturated heterocycles. The van der Waals surface area contributed by atoms with E-state index in [9.17, 15) is 19.1 Å². The van der Waals surface area contributed by atoms with Crippen molar-refractivity contribution < 1.29 is 19.1 Å². The summed E-state index contributed by atoms with van der Waals surface area (Å²) in [4.78, 5) is 23.8. The molecule has 0 fully saturated rings. The first-order valence-electron chi connectivity index (χ1n) is 8.02. The number of hydrogen-bond donors (Lipinski definition) is 3. The Hall–Kier alpha value is -2.73. The molecule has 2 atom stereocenters. The summed E-state index contributed by atoms with van der Waals surface area (Å²) in [6.07, 6.45) is -0.529. The number of rotatable bonds is 7. The lowest BCUT2D eigenvalue weighted by molar-refractivity contribution is -0.120. The lowest BCUT2D eigenvalue weighted by atomic mass is 10.0. The van der Waals surface area contributed by atoms with Gasteiger partial charge in [0.05, 0.1) is 12.6 Å². The molecule has 0 aliphatic heterocycles. The molecule has 0 saturated carbocycles. The van der Waals surface area contributed by atoms with Gasteiger partial charge < -0.3 is 15.7 Å². The van der Waals surface area contributed by atoms with E-state index in [1.54, 1.807) is 37.3 Å². The van der Waals surface area contributed by atoms with Crippen LogP contribution in [0.2, 0.25) is 0 Å². The summed E-state index contributed by atoms with van der Waals surface area (Å²) in [5.74, 6) is -1.04. The Morgan fingerprint density at radius 2 is 1.72 bits per heavy atom. The minimum atomic E-state index is -0.810. The van der Waals surface area contributed by atoms with Crippen molar-refractivity contribution in [3.05, 3.63) is 71.5 Å². The van der Waals surface area contributed by atoms with Gasteiger partial charge in [-0.2, -0.15) is 0 Å². The van der Waals surface area contributed by atoms with E-state index in [0.29, 0.717) is 11.1 Å². The number of nitrogens with one attached hydrogen (secondary N) is 2. The van der Waals surface area contributed by atoms with Crippen LogP contribution in [0.5, 0.6) is 0 Å². The monoisotopic (exact) mass is 344 g/mol. The van der Waals surface area contributed by atoms with Crippen LogP contribution in [0, 0.1) is 5.82 Å². The Balaban J connectivity index is 1.76. The van der Waals surface area contributed by atoms with E-state index in [2.05, 4.69) is 10.6 Å². The SMILES string of the molecule is CC(CC(O)c1ccc(F)cc1)NC(=O)CNC(=O)c1ccccc1. The number of aliphatic hydroxyl groups excluding tert-OH is 1. The van der Waals surface area contributed by atoms with Crippen LogP contribution in [-0.2, 0) is 4.79 Å². The Kier molecular flexibility index (Phi) is 6.65. The normalized spacial score (nSPS) is 12.9. The number of carbonyl (C=O) groups is 2. The van der Waals surface area contributed by atoms with Gasteiger partial charge in [0.1, 0.15) is 5.82 Å². The summed E-state index contributed by atoms with van der Waals surface area (Å²) in [7, 11) is 0. The van der Waals surface area contributed by atoms with E-state index in [1.807, 2.05) is 0 Å². The van der Waals surface area contributed by atoms with Crippen molar-refractivity contribution in [2.45, 2.75) is 25.5 Å². The molecule has 2 amide bonds. The highest BCUT2D eigenvalue weighted by atomic mass is 19.1. The predicted molar refractivity (Wildman–Crippen MR) is 92.4 cm³/mol. The molecule has 0 aliphatic rings. The number of carbonyl (C=O) groups excluding carboxylic acids is 2. The van der Waals surface area contributed by atoms with Crippen LogP contribution in [-0.4, -0.2) is 29.5 Å². The zero-order valence-electron chi connectivity index (χ0n) is 13.9. The molecule has 0 aliphatic carbocycles. The molecule has 2 rings (SSSR count). The Labute approximate surface area is 145 Å². The van der Waals surface area contributed by atoms with E-state index in [4.69, 9.17) is 0 Å². The lowest BCUT2D eigenvalue weighted by Gasteiger charge is -2.18. The first kappa shape index (κ1) is 18.6. The van der Waals surface area contributed by atoms with Gasteiger partial charge in [-0.25, -0.2) is 4.39 Å². The van der Waals surface area contributed by atoms with Crippen LogP contribution in [0.4, 0.5) is 4.39 Å². The van der Waals surface area contributed by atoms with Gasteiger partial charge in [0.25, 0.3) is 5.91 Å². The molecular formula is C19H21FN2O3. The minimum absolute atomic E-state index is 0.148. The van der Waals surface area contributed by atoms with Crippen molar-refractivity contribution >= 4 is 11.8 Å². The van der Waals surface area contributed by atoms with Gasteiger partial charge in [0.15, 0.2) is 0 Å². The molecule has 0 radical (unpaired) electrons. The van der Waals surface area contributed by atoms with Crippen molar-refractivity contribution in [2.24, 2.45) is 0 Å². The van der Waals surface area contributed by atoms with Gasteiger partial charge in [-0.1, -0.05) is 30.3 Å². The molecule has 6 heteroatoms. The molecule has 5 nitrogen and oxygen atoms in total. The van der Waals surface area contributed by atoms with Crippen molar-refractivity contribution in [1.29, 1.82) is 0 Å². The maximum Gasteiger partial charge on any atom is 0.251 e. The topological polar surface area (TPSA) is 78.4 Å². The first-order chi connectivity index (χ1) is 12.0. The summed E-state index contributed by atoms with van der Waals surface area (Å²) in [5.41, 5.74) is 1.06. The van der Waals surface area contributed by atoms with Crippen LogP contribution in [0.25, 0.3) is 0 Å². The third-order valence-corrected chi connectivity index (χ3v) is 3.68. The first-order valence-corrected chi connectivity index (χ1v) is 8.02. The number of aliphatic hydroxyl groups is 1. The summed E-state index contributed by atoms with van der Waals surface area (Å²) in [5, 5.41) is 15.4. The zero-order valence-corrected chi connectivity index (χ0v) is 13.9. The molecule has 25 heavy (non-hydrogen) atoms. The Morgan fingerprint density at radius 1 is 1.08 bits per heavy atom. The van der Waals surface area contributed by atoms with Gasteiger partial charge in [0, 0.05) is 11.6 Å². The molecule has 2 aromatic carbocycles. The highest BCUT2D eigenvalue weighted by Gasteiger charge is 2.15. The quantitative estimate of drug-likeness (QED) is 0.720. The second kappa shape index (κ2) is 8.94. The fourth-order valence-corrected chi connectivity index (χ4v) is 2.39. The van der Waals surface area contributed by atoms with Crippen LogP contribution >= 0.6 is 0 Å². The molecular weight excluding hydrogens is 323 g/mol. The van der Waals surface area contributed by atoms with E-state index in [-0.39, 0.29) is 36.6 Å². The number of halogens is 1. The van der Waals surface area contributed by atoms with Gasteiger partial charge in [0.2, 0.25) is 5.91 Å². The molecule has 2 unspecified atom stereocenters. The smallest absolute Gasteiger partial charge is 0.251 e. The van der Waals surface area contributed by atoms with Crippen LogP contribution in [0.1, 0.15) is 35.4 Å². The molecule has 0 bridgehead atoms. The average Bonchev–Trinajstić information content (AvgIpc) is 2.60. The predicted octanol–water partition coefficient (Wildman–Crippen LogP) is 2.18. The minimum Gasteiger partial charge on any atom is -0.388 e. The molecule has 0 heterocycles. The fourth-order valence-electron chi connectivity index (χ4n) is 2.39. The second-order valence-corrected chi connectivity index (χ2v) is 5.82. The van der Waals surface area contributed by atoms with Crippen molar-refractivity contribution in [2.75, 3.05) is 6.54 Å². The van der Waals surface area contributed by atoms with Gasteiger partial charge >= 0.3 is 0 Å². The summed E-state index contributed by atoms with van der Waals surface area (Å²) in [6.45, 7) is 1.61. The van der Waals surface area contributed by atoms with E-state index in [1.165, 1.54) is 24.3 Å². The average molecular weight is 344 g/mol. The molecule has 132 valence electrons. The van der Waals surface area contributed by atoms with E-state index in [0.717, 1.165) is 0 Å². The maximum atomic E-state index is 12.9. The molecule has 3 N–H and O–H groups in total. The number of hydrogen-bond acceptors (Lipinski definition) is 3. The standard InChI is InChI=1S/C19H21FN2O3/c1-13(11-17(23)14-7-9-16(20)10-8-14)22-18(24)12-21-19(25)15-5-3-2-4-6-15/h2-10,13,17,23H,11-12H2,1H3,(H,21,25)(H,22,24). The molecule has 0 spiro atoms. The lowest BCUT2D eigenvalue weighted by Crippen LogP contribution is -2.41. The van der Waals surface area contributed by atoms with Crippen molar-refractivity contribution in [3.8, 4) is 0 Å². The highest BCUT2D eigenvalue weighted by molar-refractivity contribution is 5.96. The van der Waals surface area contributed by atoms with Gasteiger partial charge in [-0.05, 0) is 43.2 Å². The van der Waals surface area contributed by atoms with Crippen LogP contribution in [0.15, 0.2) is 54.6 Å². The maximum absolute atomic E-state index is 12.9. The third-order valence-electron chi connectivity index (χ3n) is 3.68. The molecule has 2 aromatic rings. The van der Waals surface area contributed by atoms with Crippen LogP contribution < -0.4 is 10.6 Å². The summed E-state index contributed by atoms with van der Waals surface area (Å²) < 4.78 is 12.9. The summed E-state index contributed by atoms with van der Waals surface area (Å²) >= 11 is 0. The number of benzene rings is 2. The van der Waals surface area contributed by atoms with E-state index < -0.39 is 6.10 Å².